The molecule has 0 atom stereocenters. The lowest BCUT2D eigenvalue weighted by molar-refractivity contribution is -0.385. The molecule has 0 unspecified atom stereocenters. The van der Waals surface area contributed by atoms with Crippen LogP contribution in [-0.4, -0.2) is 28.6 Å². The summed E-state index contributed by atoms with van der Waals surface area (Å²) in [6, 6.07) is 8.02. The highest BCUT2D eigenvalue weighted by Gasteiger charge is 2.16. The zero-order valence-electron chi connectivity index (χ0n) is 12.3. The van der Waals surface area contributed by atoms with E-state index in [1.165, 1.54) is 18.3 Å². The van der Waals surface area contributed by atoms with E-state index in [1.54, 1.807) is 37.5 Å². The number of nitro benzene ring substituents is 1. The third-order valence-corrected chi connectivity index (χ3v) is 2.76. The molecule has 8 heteroatoms. The van der Waals surface area contributed by atoms with Crippen molar-refractivity contribution in [3.8, 4) is 5.75 Å². The van der Waals surface area contributed by atoms with Gasteiger partial charge in [0.2, 0.25) is 0 Å². The maximum Gasteiger partial charge on any atom is 0.311 e. The third kappa shape index (κ3) is 4.88. The lowest BCUT2D eigenvalue weighted by atomic mass is 10.2. The summed E-state index contributed by atoms with van der Waals surface area (Å²) >= 11 is 0. The molecule has 2 aromatic rings. The second-order valence-corrected chi connectivity index (χ2v) is 4.60. The molecule has 1 amide bonds. The summed E-state index contributed by atoms with van der Waals surface area (Å²) in [6.45, 7) is 1.35. The number of nitrogens with zero attached hydrogens (tertiary/aromatic N) is 3. The number of carbonyl (C=O) groups is 1. The molecule has 8 nitrogen and oxygen atoms in total. The average Bonchev–Trinajstić information content (AvgIpc) is 2.54. The molecule has 0 aliphatic carbocycles. The molecule has 0 aliphatic rings. The Morgan fingerprint density at radius 3 is 3.00 bits per heavy atom. The van der Waals surface area contributed by atoms with Crippen LogP contribution in [0.15, 0.2) is 47.8 Å². The van der Waals surface area contributed by atoms with Crippen LogP contribution in [0.3, 0.4) is 0 Å². The number of aryl methyl sites for hydroxylation is 1. The van der Waals surface area contributed by atoms with Gasteiger partial charge in [-0.1, -0.05) is 12.1 Å². The molecule has 23 heavy (non-hydrogen) atoms. The van der Waals surface area contributed by atoms with Crippen LogP contribution in [0.5, 0.6) is 5.75 Å². The standard InChI is InChI=1S/C15H14N4O4/c1-11-4-5-14(13(7-11)19(21)22)23-10-15(20)18-17-9-12-3-2-6-16-8-12/h2-9H,10H2,1H3,(H,18,20)/b17-9+. The molecule has 118 valence electrons. The minimum Gasteiger partial charge on any atom is -0.477 e. The zero-order chi connectivity index (χ0) is 16.7. The van der Waals surface area contributed by atoms with Gasteiger partial charge in [-0.05, 0) is 24.6 Å². The number of rotatable bonds is 6. The number of nitrogens with one attached hydrogen (secondary N) is 1. The van der Waals surface area contributed by atoms with Crippen molar-refractivity contribution in [3.63, 3.8) is 0 Å². The number of benzene rings is 1. The summed E-state index contributed by atoms with van der Waals surface area (Å²) in [4.78, 5) is 25.9. The molecule has 0 saturated carbocycles. The smallest absolute Gasteiger partial charge is 0.311 e. The van der Waals surface area contributed by atoms with Gasteiger partial charge in [0.1, 0.15) is 0 Å². The third-order valence-electron chi connectivity index (χ3n) is 2.76. The molecule has 2 rings (SSSR count). The molecule has 1 aromatic carbocycles. The van der Waals surface area contributed by atoms with Crippen LogP contribution in [0, 0.1) is 17.0 Å². The molecule has 0 bridgehead atoms. The van der Waals surface area contributed by atoms with Crippen molar-refractivity contribution in [2.45, 2.75) is 6.92 Å². The van der Waals surface area contributed by atoms with E-state index in [0.29, 0.717) is 0 Å². The van der Waals surface area contributed by atoms with Gasteiger partial charge in [-0.3, -0.25) is 19.9 Å². The van der Waals surface area contributed by atoms with Crippen LogP contribution in [0.4, 0.5) is 5.69 Å². The number of hydrogen-bond acceptors (Lipinski definition) is 6. The summed E-state index contributed by atoms with van der Waals surface area (Å²) in [5, 5.41) is 14.7. The maximum absolute atomic E-state index is 11.6. The Morgan fingerprint density at radius 2 is 2.30 bits per heavy atom. The quantitative estimate of drug-likeness (QED) is 0.497. The van der Waals surface area contributed by atoms with Crippen LogP contribution >= 0.6 is 0 Å². The number of amides is 1. The molecular weight excluding hydrogens is 300 g/mol. The zero-order valence-corrected chi connectivity index (χ0v) is 12.3. The summed E-state index contributed by atoms with van der Waals surface area (Å²) < 4.78 is 5.18. The first-order chi connectivity index (χ1) is 11.1. The van der Waals surface area contributed by atoms with Gasteiger partial charge in [-0.25, -0.2) is 5.43 Å². The highest BCUT2D eigenvalue weighted by atomic mass is 16.6. The van der Waals surface area contributed by atoms with Crippen molar-refractivity contribution >= 4 is 17.8 Å². The molecule has 1 heterocycles. The molecular formula is C15H14N4O4. The first-order valence-corrected chi connectivity index (χ1v) is 6.66. The molecule has 0 saturated heterocycles. The molecule has 0 radical (unpaired) electrons. The van der Waals surface area contributed by atoms with E-state index >= 15 is 0 Å². The van der Waals surface area contributed by atoms with E-state index in [1.807, 2.05) is 0 Å². The number of carbonyl (C=O) groups excluding carboxylic acids is 1. The number of aromatic nitrogens is 1. The monoisotopic (exact) mass is 314 g/mol. The number of hydrazone groups is 1. The number of hydrogen-bond donors (Lipinski definition) is 1. The number of ether oxygens (including phenoxy) is 1. The second-order valence-electron chi connectivity index (χ2n) is 4.60. The molecule has 0 aliphatic heterocycles. The van der Waals surface area contributed by atoms with Gasteiger partial charge in [0.05, 0.1) is 11.1 Å². The Hall–Kier alpha value is -3.29. The normalized spacial score (nSPS) is 10.5. The summed E-state index contributed by atoms with van der Waals surface area (Å²) in [6.07, 6.45) is 4.64. The topological polar surface area (TPSA) is 107 Å². The van der Waals surface area contributed by atoms with Crippen molar-refractivity contribution in [1.29, 1.82) is 0 Å². The minimum absolute atomic E-state index is 0.0342. The Bertz CT molecular complexity index is 732. The first kappa shape index (κ1) is 16.1. The largest absolute Gasteiger partial charge is 0.477 e. The molecule has 0 fully saturated rings. The van der Waals surface area contributed by atoms with Gasteiger partial charge < -0.3 is 4.74 Å². The summed E-state index contributed by atoms with van der Waals surface area (Å²) in [5.41, 5.74) is 3.54. The van der Waals surface area contributed by atoms with Gasteiger partial charge in [0.15, 0.2) is 12.4 Å². The number of pyridine rings is 1. The predicted octanol–water partition coefficient (Wildman–Crippen LogP) is 1.83. The van der Waals surface area contributed by atoms with Crippen LogP contribution < -0.4 is 10.2 Å². The SMILES string of the molecule is Cc1ccc(OCC(=O)N/N=C/c2cccnc2)c([N+](=O)[O-])c1. The maximum atomic E-state index is 11.6. The lowest BCUT2D eigenvalue weighted by Gasteiger charge is -2.06. The molecule has 0 spiro atoms. The van der Waals surface area contributed by atoms with E-state index in [0.717, 1.165) is 11.1 Å². The van der Waals surface area contributed by atoms with Gasteiger partial charge in [0, 0.05) is 24.0 Å². The van der Waals surface area contributed by atoms with Crippen LogP contribution in [-0.2, 0) is 4.79 Å². The first-order valence-electron chi connectivity index (χ1n) is 6.66. The van der Waals surface area contributed by atoms with Gasteiger partial charge in [-0.15, -0.1) is 0 Å². The average molecular weight is 314 g/mol. The van der Waals surface area contributed by atoms with Crippen LogP contribution in [0.1, 0.15) is 11.1 Å². The summed E-state index contributed by atoms with van der Waals surface area (Å²) in [5.74, 6) is -0.494. The van der Waals surface area contributed by atoms with Crippen molar-refractivity contribution in [2.75, 3.05) is 6.61 Å². The van der Waals surface area contributed by atoms with E-state index in [-0.39, 0.29) is 18.0 Å². The van der Waals surface area contributed by atoms with Gasteiger partial charge >= 0.3 is 5.69 Å². The Labute approximate surface area is 132 Å². The lowest BCUT2D eigenvalue weighted by Crippen LogP contribution is -2.24. The summed E-state index contributed by atoms with van der Waals surface area (Å²) in [7, 11) is 0. The second kappa shape index (κ2) is 7.64. The predicted molar refractivity (Wildman–Crippen MR) is 83.3 cm³/mol. The van der Waals surface area contributed by atoms with Crippen molar-refractivity contribution < 1.29 is 14.5 Å². The van der Waals surface area contributed by atoms with Crippen LogP contribution in [0.25, 0.3) is 0 Å². The fourth-order valence-electron chi connectivity index (χ4n) is 1.70. The van der Waals surface area contributed by atoms with E-state index in [9.17, 15) is 14.9 Å². The van der Waals surface area contributed by atoms with Crippen molar-refractivity contribution in [2.24, 2.45) is 5.10 Å². The Balaban J connectivity index is 1.90. The Kier molecular flexibility index (Phi) is 5.35. The van der Waals surface area contributed by atoms with Crippen LogP contribution in [0.2, 0.25) is 0 Å². The molecule has 1 aromatic heterocycles. The highest BCUT2D eigenvalue weighted by Crippen LogP contribution is 2.27. The van der Waals surface area contributed by atoms with E-state index < -0.39 is 10.8 Å². The van der Waals surface area contributed by atoms with Gasteiger partial charge in [-0.2, -0.15) is 5.10 Å². The Morgan fingerprint density at radius 1 is 1.48 bits per heavy atom. The fraction of sp³-hybridized carbons (Fsp3) is 0.133. The van der Waals surface area contributed by atoms with E-state index in [4.69, 9.17) is 4.74 Å². The van der Waals surface area contributed by atoms with Crippen molar-refractivity contribution in [1.82, 2.24) is 10.4 Å². The number of nitro groups is 1. The molecule has 1 N–H and O–H groups in total. The highest BCUT2D eigenvalue weighted by molar-refractivity contribution is 5.82. The van der Waals surface area contributed by atoms with E-state index in [2.05, 4.69) is 15.5 Å². The fourth-order valence-corrected chi connectivity index (χ4v) is 1.70. The van der Waals surface area contributed by atoms with Gasteiger partial charge in [0.25, 0.3) is 5.91 Å². The van der Waals surface area contributed by atoms with Crippen molar-refractivity contribution in [3.05, 3.63) is 64.0 Å². The minimum atomic E-state index is -0.555.